The monoisotopic (exact) mass is 485 g/mol. The number of nitrogens with zero attached hydrogens (tertiary/aromatic N) is 2. The van der Waals surface area contributed by atoms with E-state index in [4.69, 9.17) is 9.47 Å². The van der Waals surface area contributed by atoms with Crippen LogP contribution >= 0.6 is 0 Å². The summed E-state index contributed by atoms with van der Waals surface area (Å²) in [7, 11) is -3.60. The highest BCUT2D eigenvalue weighted by Gasteiger charge is 2.50. The molecule has 5 rings (SSSR count). The van der Waals surface area contributed by atoms with Gasteiger partial charge in [0.2, 0.25) is 16.8 Å². The van der Waals surface area contributed by atoms with Crippen molar-refractivity contribution in [2.45, 2.75) is 30.2 Å². The quantitative estimate of drug-likeness (QED) is 0.489. The summed E-state index contributed by atoms with van der Waals surface area (Å²) >= 11 is 0. The van der Waals surface area contributed by atoms with Gasteiger partial charge in [-0.05, 0) is 61.7 Å². The van der Waals surface area contributed by atoms with Crippen LogP contribution in [-0.4, -0.2) is 61.8 Å². The maximum absolute atomic E-state index is 13.2. The molecule has 0 radical (unpaired) electrons. The number of urea groups is 1. The Morgan fingerprint density at radius 2 is 1.71 bits per heavy atom. The van der Waals surface area contributed by atoms with Crippen molar-refractivity contribution < 1.29 is 32.3 Å². The number of carbonyl (C=O) groups is 3. The molecule has 10 nitrogen and oxygen atoms in total. The van der Waals surface area contributed by atoms with Crippen LogP contribution in [0.4, 0.5) is 4.79 Å². The molecule has 3 aliphatic rings. The van der Waals surface area contributed by atoms with Gasteiger partial charge in [0.25, 0.3) is 5.91 Å². The molecule has 34 heavy (non-hydrogen) atoms. The largest absolute Gasteiger partial charge is 0.454 e. The summed E-state index contributed by atoms with van der Waals surface area (Å²) < 4.78 is 37.4. The molecule has 3 heterocycles. The number of imide groups is 1. The Hall–Kier alpha value is -3.44. The van der Waals surface area contributed by atoms with Crippen molar-refractivity contribution >= 4 is 27.7 Å². The highest BCUT2D eigenvalue weighted by atomic mass is 32.2. The summed E-state index contributed by atoms with van der Waals surface area (Å²) in [5.74, 6) is -0.0351. The molecule has 178 valence electrons. The molecule has 2 saturated heterocycles. The highest BCUT2D eigenvalue weighted by Crippen LogP contribution is 2.37. The molecule has 2 aromatic carbocycles. The molecule has 3 aliphatic heterocycles. The van der Waals surface area contributed by atoms with Crippen LogP contribution in [0, 0.1) is 0 Å². The Bertz CT molecular complexity index is 1290. The van der Waals surface area contributed by atoms with E-state index in [1.54, 1.807) is 25.1 Å². The summed E-state index contributed by atoms with van der Waals surface area (Å²) in [5, 5.41) is 2.66. The standard InChI is InChI=1S/C23H23N3O7S/c1-23(16-6-9-19-20(12-16)33-14-32-19)21(28)26(22(29)24-23)13-18(27)15-4-7-17(8-5-15)34(30,31)25-10-2-3-11-25/h4-9,12H,2-3,10-11,13-14H2,1H3,(H,24,29)/t23-/m1/s1. The topological polar surface area (TPSA) is 122 Å². The van der Waals surface area contributed by atoms with Crippen molar-refractivity contribution in [1.29, 1.82) is 0 Å². The summed E-state index contributed by atoms with van der Waals surface area (Å²) in [6, 6.07) is 9.83. The molecule has 3 amide bonds. The van der Waals surface area contributed by atoms with Gasteiger partial charge in [-0.2, -0.15) is 4.31 Å². The second kappa shape index (κ2) is 8.10. The number of fused-ring (bicyclic) bond motifs is 1. The van der Waals surface area contributed by atoms with E-state index in [9.17, 15) is 22.8 Å². The zero-order valence-electron chi connectivity index (χ0n) is 18.4. The molecule has 0 saturated carbocycles. The molecule has 0 aromatic heterocycles. The van der Waals surface area contributed by atoms with Crippen molar-refractivity contribution in [3.8, 4) is 11.5 Å². The summed E-state index contributed by atoms with van der Waals surface area (Å²) in [6.45, 7) is 2.14. The molecule has 0 aliphatic carbocycles. The van der Waals surface area contributed by atoms with E-state index in [2.05, 4.69) is 5.32 Å². The van der Waals surface area contributed by atoms with Gasteiger partial charge in [0.1, 0.15) is 5.54 Å². The predicted molar refractivity (Wildman–Crippen MR) is 119 cm³/mol. The van der Waals surface area contributed by atoms with Gasteiger partial charge in [0.15, 0.2) is 17.3 Å². The minimum atomic E-state index is -3.60. The number of hydrogen-bond acceptors (Lipinski definition) is 7. The third-order valence-corrected chi connectivity index (χ3v) is 8.32. The van der Waals surface area contributed by atoms with Crippen LogP contribution in [0.25, 0.3) is 0 Å². The van der Waals surface area contributed by atoms with Crippen LogP contribution in [0.2, 0.25) is 0 Å². The smallest absolute Gasteiger partial charge is 0.325 e. The molecular formula is C23H23N3O7S. The number of ether oxygens (including phenoxy) is 2. The van der Waals surface area contributed by atoms with E-state index in [-0.39, 0.29) is 17.3 Å². The molecule has 1 atom stereocenters. The molecule has 1 N–H and O–H groups in total. The molecule has 2 aromatic rings. The Morgan fingerprint density at radius 3 is 2.41 bits per heavy atom. The second-order valence-corrected chi connectivity index (χ2v) is 10.5. The van der Waals surface area contributed by atoms with E-state index in [0.717, 1.165) is 17.7 Å². The number of sulfonamides is 1. The third-order valence-electron chi connectivity index (χ3n) is 6.41. The lowest BCUT2D eigenvalue weighted by molar-refractivity contribution is -0.130. The van der Waals surface area contributed by atoms with E-state index in [1.807, 2.05) is 0 Å². The van der Waals surface area contributed by atoms with Crippen LogP contribution in [0.1, 0.15) is 35.7 Å². The lowest BCUT2D eigenvalue weighted by Gasteiger charge is -2.22. The minimum absolute atomic E-state index is 0.0779. The van der Waals surface area contributed by atoms with Crippen LogP contribution in [0.5, 0.6) is 11.5 Å². The van der Waals surface area contributed by atoms with Crippen LogP contribution in [0.15, 0.2) is 47.4 Å². The van der Waals surface area contributed by atoms with E-state index in [1.165, 1.54) is 28.6 Å². The Morgan fingerprint density at radius 1 is 1.03 bits per heavy atom. The van der Waals surface area contributed by atoms with Gasteiger partial charge in [-0.25, -0.2) is 13.2 Å². The van der Waals surface area contributed by atoms with Gasteiger partial charge in [-0.1, -0.05) is 6.07 Å². The van der Waals surface area contributed by atoms with Gasteiger partial charge in [-0.15, -0.1) is 0 Å². The third kappa shape index (κ3) is 3.61. The first kappa shape index (κ1) is 22.4. The molecule has 0 unspecified atom stereocenters. The predicted octanol–water partition coefficient (Wildman–Crippen LogP) is 1.85. The van der Waals surface area contributed by atoms with Crippen molar-refractivity contribution in [3.63, 3.8) is 0 Å². The molecular weight excluding hydrogens is 462 g/mol. The van der Waals surface area contributed by atoms with Gasteiger partial charge in [0, 0.05) is 18.7 Å². The van der Waals surface area contributed by atoms with Crippen molar-refractivity contribution in [1.82, 2.24) is 14.5 Å². The number of nitrogens with one attached hydrogen (secondary N) is 1. The number of amides is 3. The number of benzene rings is 2. The Balaban J connectivity index is 1.32. The highest BCUT2D eigenvalue weighted by molar-refractivity contribution is 7.89. The normalized spacial score (nSPS) is 22.3. The number of ketones is 1. The SMILES string of the molecule is C[C@]1(c2ccc3c(c2)OCO3)NC(=O)N(CC(=O)c2ccc(S(=O)(=O)N3CCCC3)cc2)C1=O. The fourth-order valence-electron chi connectivity index (χ4n) is 4.37. The van der Waals surface area contributed by atoms with Crippen LogP contribution in [0.3, 0.4) is 0 Å². The van der Waals surface area contributed by atoms with Gasteiger partial charge >= 0.3 is 6.03 Å². The fraction of sp³-hybridized carbons (Fsp3) is 0.348. The van der Waals surface area contributed by atoms with Crippen molar-refractivity contribution in [2.24, 2.45) is 0 Å². The lowest BCUT2D eigenvalue weighted by Crippen LogP contribution is -2.41. The first-order valence-corrected chi connectivity index (χ1v) is 12.3. The maximum Gasteiger partial charge on any atom is 0.325 e. The Labute approximate surface area is 196 Å². The second-order valence-electron chi connectivity index (χ2n) is 8.57. The fourth-order valence-corrected chi connectivity index (χ4v) is 5.89. The summed E-state index contributed by atoms with van der Waals surface area (Å²) in [6.07, 6.45) is 1.65. The zero-order chi connectivity index (χ0) is 24.1. The van der Waals surface area contributed by atoms with E-state index in [0.29, 0.717) is 30.2 Å². The average Bonchev–Trinajstić information content (AvgIpc) is 3.57. The van der Waals surface area contributed by atoms with Crippen molar-refractivity contribution in [2.75, 3.05) is 26.4 Å². The number of carbonyl (C=O) groups excluding carboxylic acids is 3. The van der Waals surface area contributed by atoms with Crippen molar-refractivity contribution in [3.05, 3.63) is 53.6 Å². The Kier molecular flexibility index (Phi) is 5.33. The molecule has 0 spiro atoms. The molecule has 2 fully saturated rings. The van der Waals surface area contributed by atoms with Gasteiger partial charge < -0.3 is 14.8 Å². The summed E-state index contributed by atoms with van der Waals surface area (Å²) in [4.78, 5) is 39.6. The number of Topliss-reactive ketones (excluding diaryl/α,β-unsaturated/α-hetero) is 1. The maximum atomic E-state index is 13.2. The van der Waals surface area contributed by atoms with E-state index >= 15 is 0 Å². The first-order chi connectivity index (χ1) is 16.2. The van der Waals surface area contributed by atoms with Gasteiger partial charge in [-0.3, -0.25) is 14.5 Å². The van der Waals surface area contributed by atoms with Crippen LogP contribution in [-0.2, 0) is 20.4 Å². The number of rotatable bonds is 6. The van der Waals surface area contributed by atoms with Crippen LogP contribution < -0.4 is 14.8 Å². The molecule has 11 heteroatoms. The number of hydrogen-bond donors (Lipinski definition) is 1. The lowest BCUT2D eigenvalue weighted by atomic mass is 9.91. The summed E-state index contributed by atoms with van der Waals surface area (Å²) in [5.41, 5.74) is -0.661. The first-order valence-electron chi connectivity index (χ1n) is 10.9. The average molecular weight is 486 g/mol. The van der Waals surface area contributed by atoms with E-state index < -0.39 is 39.8 Å². The zero-order valence-corrected chi connectivity index (χ0v) is 19.3. The molecule has 0 bridgehead atoms. The van der Waals surface area contributed by atoms with Gasteiger partial charge in [0.05, 0.1) is 11.4 Å². The minimum Gasteiger partial charge on any atom is -0.454 e.